The summed E-state index contributed by atoms with van der Waals surface area (Å²) in [6.07, 6.45) is 2.70. The lowest BCUT2D eigenvalue weighted by Crippen LogP contribution is -2.07. The molecule has 6 heteroatoms. The summed E-state index contributed by atoms with van der Waals surface area (Å²) in [5.41, 5.74) is 2.79. The Labute approximate surface area is 126 Å². The third-order valence-corrected chi connectivity index (χ3v) is 4.18. The Bertz CT molecular complexity index is 718. The zero-order valence-electron chi connectivity index (χ0n) is 11.4. The van der Waals surface area contributed by atoms with E-state index in [9.17, 15) is 0 Å². The van der Waals surface area contributed by atoms with Crippen molar-refractivity contribution in [2.45, 2.75) is 32.2 Å². The molecule has 3 rings (SSSR count). The first kappa shape index (κ1) is 13.5. The van der Waals surface area contributed by atoms with Gasteiger partial charge in [-0.3, -0.25) is 0 Å². The Hall–Kier alpha value is -1.46. The number of hydrogen-bond acceptors (Lipinski definition) is 4. The van der Waals surface area contributed by atoms with Crippen molar-refractivity contribution in [3.05, 3.63) is 40.2 Å². The lowest BCUT2D eigenvalue weighted by molar-refractivity contribution is 0.661. The Morgan fingerprint density at radius 1 is 1.35 bits per heavy atom. The highest BCUT2D eigenvalue weighted by Crippen LogP contribution is 2.24. The SMILES string of the molecule is Cc1ccc2nc(C(C)Cl)n(CCc3nccs3)c2n1. The van der Waals surface area contributed by atoms with Crippen LogP contribution < -0.4 is 0 Å². The predicted molar refractivity (Wildman–Crippen MR) is 82.4 cm³/mol. The molecule has 0 aromatic carbocycles. The molecule has 1 atom stereocenters. The van der Waals surface area contributed by atoms with E-state index in [1.165, 1.54) is 0 Å². The lowest BCUT2D eigenvalue weighted by atomic mass is 10.3. The van der Waals surface area contributed by atoms with Gasteiger partial charge in [-0.25, -0.2) is 15.0 Å². The van der Waals surface area contributed by atoms with Crippen LogP contribution in [-0.2, 0) is 13.0 Å². The van der Waals surface area contributed by atoms with Gasteiger partial charge in [0.2, 0.25) is 0 Å². The molecule has 1 unspecified atom stereocenters. The van der Waals surface area contributed by atoms with Crippen molar-refractivity contribution in [3.63, 3.8) is 0 Å². The van der Waals surface area contributed by atoms with Gasteiger partial charge in [0.1, 0.15) is 11.3 Å². The fourth-order valence-electron chi connectivity index (χ4n) is 2.22. The molecule has 0 amide bonds. The van der Waals surface area contributed by atoms with Crippen molar-refractivity contribution in [1.82, 2.24) is 19.5 Å². The standard InChI is InChI=1S/C14H15ClN4S/c1-9-3-4-11-14(17-9)19(13(18-11)10(2)15)7-5-12-16-6-8-20-12/h3-4,6,8,10H,5,7H2,1-2H3. The van der Waals surface area contributed by atoms with Crippen LogP contribution in [0.2, 0.25) is 0 Å². The largest absolute Gasteiger partial charge is 0.311 e. The zero-order chi connectivity index (χ0) is 14.1. The maximum absolute atomic E-state index is 6.26. The smallest absolute Gasteiger partial charge is 0.160 e. The molecule has 0 aliphatic carbocycles. The molecule has 0 saturated heterocycles. The summed E-state index contributed by atoms with van der Waals surface area (Å²) in [6.45, 7) is 4.73. The van der Waals surface area contributed by atoms with Gasteiger partial charge in [-0.2, -0.15) is 0 Å². The molecular weight excluding hydrogens is 292 g/mol. The number of pyridine rings is 1. The molecule has 3 aromatic rings. The minimum Gasteiger partial charge on any atom is -0.311 e. The first-order chi connectivity index (χ1) is 9.65. The molecule has 0 aliphatic heterocycles. The molecule has 3 heterocycles. The van der Waals surface area contributed by atoms with Gasteiger partial charge in [-0.1, -0.05) is 0 Å². The van der Waals surface area contributed by atoms with Gasteiger partial charge in [0.25, 0.3) is 0 Å². The van der Waals surface area contributed by atoms with E-state index >= 15 is 0 Å². The first-order valence-corrected chi connectivity index (χ1v) is 7.83. The number of rotatable bonds is 4. The quantitative estimate of drug-likeness (QED) is 0.690. The van der Waals surface area contributed by atoms with Crippen LogP contribution in [0.1, 0.15) is 28.8 Å². The lowest BCUT2D eigenvalue weighted by Gasteiger charge is -2.09. The summed E-state index contributed by atoms with van der Waals surface area (Å²) in [7, 11) is 0. The van der Waals surface area contributed by atoms with E-state index in [0.29, 0.717) is 0 Å². The summed E-state index contributed by atoms with van der Waals surface area (Å²) < 4.78 is 2.11. The Kier molecular flexibility index (Phi) is 3.72. The van der Waals surface area contributed by atoms with Gasteiger partial charge in [0.05, 0.1) is 10.4 Å². The molecule has 0 aliphatic rings. The van der Waals surface area contributed by atoms with Gasteiger partial charge in [-0.15, -0.1) is 22.9 Å². The normalized spacial score (nSPS) is 12.9. The summed E-state index contributed by atoms with van der Waals surface area (Å²) in [5.74, 6) is 0.872. The number of alkyl halides is 1. The highest BCUT2D eigenvalue weighted by Gasteiger charge is 2.16. The highest BCUT2D eigenvalue weighted by molar-refractivity contribution is 7.09. The van der Waals surface area contributed by atoms with Crippen LogP contribution in [-0.4, -0.2) is 19.5 Å². The van der Waals surface area contributed by atoms with E-state index in [1.807, 2.05) is 37.6 Å². The fraction of sp³-hybridized carbons (Fsp3) is 0.357. The molecule has 0 bridgehead atoms. The third kappa shape index (κ3) is 2.55. The van der Waals surface area contributed by atoms with Gasteiger partial charge in [0.15, 0.2) is 5.65 Å². The van der Waals surface area contributed by atoms with Gasteiger partial charge < -0.3 is 4.57 Å². The number of aryl methyl sites for hydroxylation is 3. The topological polar surface area (TPSA) is 43.6 Å². The summed E-state index contributed by atoms with van der Waals surface area (Å²) >= 11 is 7.93. The number of halogens is 1. The third-order valence-electron chi connectivity index (χ3n) is 3.15. The monoisotopic (exact) mass is 306 g/mol. The zero-order valence-corrected chi connectivity index (χ0v) is 12.9. The van der Waals surface area contributed by atoms with Crippen LogP contribution in [0.4, 0.5) is 0 Å². The van der Waals surface area contributed by atoms with E-state index in [1.54, 1.807) is 11.3 Å². The van der Waals surface area contributed by atoms with Crippen LogP contribution >= 0.6 is 22.9 Å². The average molecular weight is 307 g/mol. The number of aromatic nitrogens is 4. The molecule has 4 nitrogen and oxygen atoms in total. The van der Waals surface area contributed by atoms with Gasteiger partial charge >= 0.3 is 0 Å². The van der Waals surface area contributed by atoms with E-state index in [0.717, 1.165) is 40.7 Å². The number of imidazole rings is 1. The first-order valence-electron chi connectivity index (χ1n) is 6.51. The molecule has 0 N–H and O–H groups in total. The fourth-order valence-corrected chi connectivity index (χ4v) is 3.00. The van der Waals surface area contributed by atoms with Gasteiger partial charge in [0, 0.05) is 30.2 Å². The second-order valence-corrected chi connectivity index (χ2v) is 6.34. The van der Waals surface area contributed by atoms with Crippen molar-refractivity contribution < 1.29 is 0 Å². The molecule has 0 fully saturated rings. The van der Waals surface area contributed by atoms with Crippen molar-refractivity contribution in [2.24, 2.45) is 0 Å². The van der Waals surface area contributed by atoms with E-state index in [4.69, 9.17) is 11.6 Å². The number of thiazole rings is 1. The number of nitrogens with zero attached hydrogens (tertiary/aromatic N) is 4. The average Bonchev–Trinajstić information content (AvgIpc) is 3.03. The van der Waals surface area contributed by atoms with Crippen molar-refractivity contribution in [1.29, 1.82) is 0 Å². The Balaban J connectivity index is 2.01. The van der Waals surface area contributed by atoms with Gasteiger partial charge in [-0.05, 0) is 26.0 Å². The highest BCUT2D eigenvalue weighted by atomic mass is 35.5. The second-order valence-electron chi connectivity index (χ2n) is 4.71. The molecule has 3 aromatic heterocycles. The predicted octanol–water partition coefficient (Wildman–Crippen LogP) is 3.74. The van der Waals surface area contributed by atoms with E-state index in [2.05, 4.69) is 19.5 Å². The van der Waals surface area contributed by atoms with Crippen molar-refractivity contribution >= 4 is 34.1 Å². The number of hydrogen-bond donors (Lipinski definition) is 0. The molecule has 0 spiro atoms. The van der Waals surface area contributed by atoms with Crippen LogP contribution in [0, 0.1) is 6.92 Å². The molecular formula is C14H15ClN4S. The minimum atomic E-state index is -0.138. The Morgan fingerprint density at radius 2 is 2.20 bits per heavy atom. The van der Waals surface area contributed by atoms with Crippen molar-refractivity contribution in [3.8, 4) is 0 Å². The van der Waals surface area contributed by atoms with E-state index in [-0.39, 0.29) is 5.38 Å². The Morgan fingerprint density at radius 3 is 2.90 bits per heavy atom. The number of fused-ring (bicyclic) bond motifs is 1. The van der Waals surface area contributed by atoms with Crippen LogP contribution in [0.3, 0.4) is 0 Å². The maximum Gasteiger partial charge on any atom is 0.160 e. The van der Waals surface area contributed by atoms with Crippen LogP contribution in [0.15, 0.2) is 23.7 Å². The molecule has 0 saturated carbocycles. The second kappa shape index (κ2) is 5.50. The molecule has 20 heavy (non-hydrogen) atoms. The minimum absolute atomic E-state index is 0.138. The maximum atomic E-state index is 6.26. The summed E-state index contributed by atoms with van der Waals surface area (Å²) in [6, 6.07) is 3.98. The van der Waals surface area contributed by atoms with Crippen LogP contribution in [0.5, 0.6) is 0 Å². The summed E-state index contributed by atoms with van der Waals surface area (Å²) in [5, 5.41) is 2.97. The van der Waals surface area contributed by atoms with E-state index < -0.39 is 0 Å². The van der Waals surface area contributed by atoms with Crippen molar-refractivity contribution in [2.75, 3.05) is 0 Å². The summed E-state index contributed by atoms with van der Waals surface area (Å²) in [4.78, 5) is 13.5. The molecule has 104 valence electrons. The molecule has 0 radical (unpaired) electrons. The van der Waals surface area contributed by atoms with Crippen LogP contribution in [0.25, 0.3) is 11.2 Å².